The Bertz CT molecular complexity index is 505. The summed E-state index contributed by atoms with van der Waals surface area (Å²) >= 11 is 0. The third kappa shape index (κ3) is 5.40. The summed E-state index contributed by atoms with van der Waals surface area (Å²) in [5.74, 6) is -1.19. The molecule has 1 amide bonds. The molecule has 6 nitrogen and oxygen atoms in total. The highest BCUT2D eigenvalue weighted by atomic mass is 16.5. The molecule has 0 radical (unpaired) electrons. The molecule has 0 fully saturated rings. The number of carboxylic acids is 1. The first-order valence-electron chi connectivity index (χ1n) is 6.15. The molecule has 2 N–H and O–H groups in total. The Morgan fingerprint density at radius 1 is 1.40 bits per heavy atom. The molecule has 1 aromatic carbocycles. The van der Waals surface area contributed by atoms with E-state index in [2.05, 4.69) is 5.32 Å². The molecule has 0 aliphatic heterocycles. The van der Waals surface area contributed by atoms with E-state index >= 15 is 0 Å². The summed E-state index contributed by atoms with van der Waals surface area (Å²) in [7, 11) is 0. The number of nitrogens with zero attached hydrogens (tertiary/aromatic N) is 1. The topological polar surface area (TPSA) is 99.4 Å². The van der Waals surface area contributed by atoms with Crippen molar-refractivity contribution >= 4 is 11.9 Å². The number of aliphatic carboxylic acids is 1. The minimum absolute atomic E-state index is 0.145. The van der Waals surface area contributed by atoms with Crippen molar-refractivity contribution in [2.45, 2.75) is 13.3 Å². The van der Waals surface area contributed by atoms with Crippen LogP contribution in [0.1, 0.15) is 18.9 Å². The second-order valence-corrected chi connectivity index (χ2v) is 4.30. The second kappa shape index (κ2) is 7.79. The van der Waals surface area contributed by atoms with Gasteiger partial charge in [-0.2, -0.15) is 5.26 Å². The Morgan fingerprint density at radius 3 is 2.60 bits per heavy atom. The summed E-state index contributed by atoms with van der Waals surface area (Å²) in [6, 6.07) is 8.40. The number of nitriles is 1. The molecule has 1 unspecified atom stereocenters. The quantitative estimate of drug-likeness (QED) is 0.778. The summed E-state index contributed by atoms with van der Waals surface area (Å²) < 4.78 is 5.23. The molecule has 1 rings (SSSR count). The van der Waals surface area contributed by atoms with E-state index in [-0.39, 0.29) is 12.5 Å². The van der Waals surface area contributed by atoms with Crippen molar-refractivity contribution in [1.29, 1.82) is 5.26 Å². The van der Waals surface area contributed by atoms with Gasteiger partial charge in [0, 0.05) is 6.54 Å². The smallest absolute Gasteiger partial charge is 0.306 e. The lowest BCUT2D eigenvalue weighted by Crippen LogP contribution is -2.31. The van der Waals surface area contributed by atoms with Gasteiger partial charge < -0.3 is 15.2 Å². The fourth-order valence-electron chi connectivity index (χ4n) is 1.38. The van der Waals surface area contributed by atoms with Gasteiger partial charge in [-0.15, -0.1) is 0 Å². The molecule has 106 valence electrons. The zero-order valence-electron chi connectivity index (χ0n) is 11.1. The summed E-state index contributed by atoms with van der Waals surface area (Å²) in [6.07, 6.45) is 0.373. The molecular formula is C14H16N2O4. The largest absolute Gasteiger partial charge is 0.484 e. The molecule has 0 spiro atoms. The molecule has 1 aromatic rings. The number of rotatable bonds is 7. The zero-order chi connectivity index (χ0) is 15.0. The van der Waals surface area contributed by atoms with Crippen LogP contribution in [0.3, 0.4) is 0 Å². The fraction of sp³-hybridized carbons (Fsp3) is 0.357. The number of ether oxygens (including phenoxy) is 1. The van der Waals surface area contributed by atoms with E-state index in [1.54, 1.807) is 31.2 Å². The normalized spacial score (nSPS) is 11.2. The first kappa shape index (κ1) is 15.5. The van der Waals surface area contributed by atoms with E-state index in [1.165, 1.54) is 0 Å². The molecular weight excluding hydrogens is 260 g/mol. The Morgan fingerprint density at radius 2 is 2.05 bits per heavy atom. The van der Waals surface area contributed by atoms with Crippen LogP contribution in [0.2, 0.25) is 0 Å². The summed E-state index contributed by atoms with van der Waals surface area (Å²) in [5.41, 5.74) is 0.518. The first-order valence-corrected chi connectivity index (χ1v) is 6.15. The summed E-state index contributed by atoms with van der Waals surface area (Å²) in [5, 5.41) is 19.9. The van der Waals surface area contributed by atoms with E-state index in [0.717, 1.165) is 0 Å². The third-order valence-electron chi connectivity index (χ3n) is 2.67. The lowest BCUT2D eigenvalue weighted by Gasteiger charge is -2.09. The lowest BCUT2D eigenvalue weighted by atomic mass is 10.1. The van der Waals surface area contributed by atoms with Crippen LogP contribution in [0.5, 0.6) is 5.75 Å². The number of hydrogen-bond acceptors (Lipinski definition) is 4. The van der Waals surface area contributed by atoms with E-state index < -0.39 is 11.9 Å². The molecule has 0 saturated heterocycles. The Kier molecular flexibility index (Phi) is 6.04. The summed E-state index contributed by atoms with van der Waals surface area (Å²) in [4.78, 5) is 22.0. The Hall–Kier alpha value is -2.55. The maximum Gasteiger partial charge on any atom is 0.306 e. The van der Waals surface area contributed by atoms with Crippen LogP contribution in [0, 0.1) is 17.2 Å². The van der Waals surface area contributed by atoms with Gasteiger partial charge in [0.05, 0.1) is 17.6 Å². The van der Waals surface area contributed by atoms with Gasteiger partial charge >= 0.3 is 5.97 Å². The number of nitrogens with one attached hydrogen (secondary N) is 1. The van der Waals surface area contributed by atoms with Crippen LogP contribution in [0.15, 0.2) is 24.3 Å². The average Bonchev–Trinajstić information content (AvgIpc) is 2.45. The van der Waals surface area contributed by atoms with E-state index in [1.807, 2.05) is 6.07 Å². The predicted molar refractivity (Wildman–Crippen MR) is 71.1 cm³/mol. The van der Waals surface area contributed by atoms with E-state index in [4.69, 9.17) is 15.1 Å². The van der Waals surface area contributed by atoms with Crippen molar-refractivity contribution in [1.82, 2.24) is 5.32 Å². The average molecular weight is 276 g/mol. The van der Waals surface area contributed by atoms with Gasteiger partial charge in [0.25, 0.3) is 5.91 Å². The van der Waals surface area contributed by atoms with E-state index in [9.17, 15) is 9.59 Å². The third-order valence-corrected chi connectivity index (χ3v) is 2.67. The number of amides is 1. The van der Waals surface area contributed by atoms with Gasteiger partial charge in [-0.25, -0.2) is 0 Å². The molecule has 0 aliphatic rings. The highest BCUT2D eigenvalue weighted by Crippen LogP contribution is 2.11. The van der Waals surface area contributed by atoms with Crippen LogP contribution in [0.25, 0.3) is 0 Å². The van der Waals surface area contributed by atoms with Crippen molar-refractivity contribution in [3.63, 3.8) is 0 Å². The van der Waals surface area contributed by atoms with Crippen LogP contribution < -0.4 is 10.1 Å². The van der Waals surface area contributed by atoms with Crippen molar-refractivity contribution in [2.24, 2.45) is 5.92 Å². The van der Waals surface area contributed by atoms with Gasteiger partial charge in [-0.3, -0.25) is 9.59 Å². The van der Waals surface area contributed by atoms with Crippen LogP contribution >= 0.6 is 0 Å². The van der Waals surface area contributed by atoms with Gasteiger partial charge in [0.15, 0.2) is 6.61 Å². The number of carboxylic acid groups (broad SMARTS) is 1. The van der Waals surface area contributed by atoms with Gasteiger partial charge in [-0.05, 0) is 30.7 Å². The highest BCUT2D eigenvalue weighted by Gasteiger charge is 2.11. The van der Waals surface area contributed by atoms with Crippen molar-refractivity contribution in [3.05, 3.63) is 29.8 Å². The van der Waals surface area contributed by atoms with Gasteiger partial charge in [0.1, 0.15) is 5.75 Å². The predicted octanol–water partition coefficient (Wildman–Crippen LogP) is 1.16. The maximum atomic E-state index is 11.5. The number of hydrogen-bond donors (Lipinski definition) is 2. The second-order valence-electron chi connectivity index (χ2n) is 4.30. The lowest BCUT2D eigenvalue weighted by molar-refractivity contribution is -0.141. The Balaban J connectivity index is 2.26. The Labute approximate surface area is 117 Å². The number of carbonyl (C=O) groups is 2. The van der Waals surface area contributed by atoms with Crippen molar-refractivity contribution < 1.29 is 19.4 Å². The SMILES string of the molecule is CC(CCNC(=O)COc1ccc(C#N)cc1)C(=O)O. The molecule has 0 aliphatic carbocycles. The maximum absolute atomic E-state index is 11.5. The highest BCUT2D eigenvalue weighted by molar-refractivity contribution is 5.77. The minimum Gasteiger partial charge on any atom is -0.484 e. The minimum atomic E-state index is -0.881. The molecule has 20 heavy (non-hydrogen) atoms. The van der Waals surface area contributed by atoms with Crippen molar-refractivity contribution in [2.75, 3.05) is 13.2 Å². The summed E-state index contributed by atoms with van der Waals surface area (Å²) in [6.45, 7) is 1.73. The first-order chi connectivity index (χ1) is 9.52. The molecule has 1 atom stereocenters. The van der Waals surface area contributed by atoms with Crippen LogP contribution in [-0.4, -0.2) is 30.1 Å². The fourth-order valence-corrected chi connectivity index (χ4v) is 1.38. The molecule has 0 saturated carbocycles. The molecule has 0 heterocycles. The molecule has 0 bridgehead atoms. The number of benzene rings is 1. The number of carbonyl (C=O) groups excluding carboxylic acids is 1. The molecule has 6 heteroatoms. The van der Waals surface area contributed by atoms with Crippen LogP contribution in [0.4, 0.5) is 0 Å². The van der Waals surface area contributed by atoms with Gasteiger partial charge in [-0.1, -0.05) is 6.92 Å². The monoisotopic (exact) mass is 276 g/mol. The zero-order valence-corrected chi connectivity index (χ0v) is 11.1. The van der Waals surface area contributed by atoms with Gasteiger partial charge in [0.2, 0.25) is 0 Å². The molecule has 0 aromatic heterocycles. The van der Waals surface area contributed by atoms with Crippen molar-refractivity contribution in [3.8, 4) is 11.8 Å². The van der Waals surface area contributed by atoms with E-state index in [0.29, 0.717) is 24.3 Å². The van der Waals surface area contributed by atoms with Crippen LogP contribution in [-0.2, 0) is 9.59 Å². The standard InChI is InChI=1S/C14H16N2O4/c1-10(14(18)19)6-7-16-13(17)9-20-12-4-2-11(8-15)3-5-12/h2-5,10H,6-7,9H2,1H3,(H,16,17)(H,18,19).